The van der Waals surface area contributed by atoms with Gasteiger partial charge in [0, 0.05) is 10.4 Å². The van der Waals surface area contributed by atoms with Gasteiger partial charge in [-0.15, -0.1) is 11.3 Å². The van der Waals surface area contributed by atoms with Crippen LogP contribution in [-0.4, -0.2) is 19.5 Å². The summed E-state index contributed by atoms with van der Waals surface area (Å²) in [6, 6.07) is 7.54. The van der Waals surface area contributed by atoms with E-state index in [0.29, 0.717) is 9.90 Å². The highest BCUT2D eigenvalue weighted by atomic mass is 35.5. The van der Waals surface area contributed by atoms with E-state index in [4.69, 9.17) is 16.3 Å². The van der Waals surface area contributed by atoms with Crippen molar-refractivity contribution in [1.29, 1.82) is 0 Å². The minimum Gasteiger partial charge on any atom is -0.493 e. The van der Waals surface area contributed by atoms with Gasteiger partial charge in [0.1, 0.15) is 0 Å². The van der Waals surface area contributed by atoms with Crippen LogP contribution in [0.15, 0.2) is 36.4 Å². The molecule has 0 spiro atoms. The standard InChI is InChI=1S/C15H11ClF2O3S/c1-20-13-8-9(2-6-12(13)21-15(17)18)11(19)5-3-10-4-7-14(16)22-10/h2-8,15H,1H3/b5-3+. The van der Waals surface area contributed by atoms with Crippen LogP contribution >= 0.6 is 22.9 Å². The molecule has 1 aromatic heterocycles. The Morgan fingerprint density at radius 3 is 2.64 bits per heavy atom. The van der Waals surface area contributed by atoms with E-state index in [0.717, 1.165) is 4.88 Å². The molecule has 0 saturated heterocycles. The molecule has 0 unspecified atom stereocenters. The molecule has 1 aromatic carbocycles. The normalized spacial score (nSPS) is 11.1. The Bertz CT molecular complexity index is 698. The fourth-order valence-electron chi connectivity index (χ4n) is 1.69. The second kappa shape index (κ2) is 7.38. The fraction of sp³-hybridized carbons (Fsp3) is 0.133. The zero-order chi connectivity index (χ0) is 16.1. The molecule has 0 bridgehead atoms. The first-order valence-electron chi connectivity index (χ1n) is 6.10. The van der Waals surface area contributed by atoms with E-state index in [9.17, 15) is 13.6 Å². The van der Waals surface area contributed by atoms with Gasteiger partial charge in [0.15, 0.2) is 17.3 Å². The zero-order valence-electron chi connectivity index (χ0n) is 11.4. The van der Waals surface area contributed by atoms with Gasteiger partial charge in [-0.2, -0.15) is 8.78 Å². The number of carbonyl (C=O) groups excluding carboxylic acids is 1. The summed E-state index contributed by atoms with van der Waals surface area (Å²) in [5.41, 5.74) is 0.303. The summed E-state index contributed by atoms with van der Waals surface area (Å²) in [6.07, 6.45) is 3.01. The lowest BCUT2D eigenvalue weighted by Crippen LogP contribution is -2.04. The van der Waals surface area contributed by atoms with E-state index < -0.39 is 6.61 Å². The van der Waals surface area contributed by atoms with Crippen molar-refractivity contribution in [2.24, 2.45) is 0 Å². The molecule has 0 radical (unpaired) electrons. The first-order valence-corrected chi connectivity index (χ1v) is 7.29. The molecule has 1 heterocycles. The minimum absolute atomic E-state index is 0.0683. The molecule has 7 heteroatoms. The Morgan fingerprint density at radius 1 is 1.27 bits per heavy atom. The molecular formula is C15H11ClF2O3S. The Hall–Kier alpha value is -1.92. The summed E-state index contributed by atoms with van der Waals surface area (Å²) < 4.78 is 34.4. The first-order chi connectivity index (χ1) is 10.5. The quantitative estimate of drug-likeness (QED) is 0.552. The molecular weight excluding hydrogens is 334 g/mol. The van der Waals surface area contributed by atoms with Crippen molar-refractivity contribution in [3.05, 3.63) is 51.2 Å². The summed E-state index contributed by atoms with van der Waals surface area (Å²) in [7, 11) is 1.31. The Balaban J connectivity index is 2.17. The van der Waals surface area contributed by atoms with Crippen molar-refractivity contribution in [3.8, 4) is 11.5 Å². The average molecular weight is 345 g/mol. The molecule has 0 saturated carbocycles. The lowest BCUT2D eigenvalue weighted by Gasteiger charge is -2.10. The molecule has 22 heavy (non-hydrogen) atoms. The van der Waals surface area contributed by atoms with Gasteiger partial charge < -0.3 is 9.47 Å². The summed E-state index contributed by atoms with van der Waals surface area (Å²) in [6.45, 7) is -2.96. The van der Waals surface area contributed by atoms with Crippen molar-refractivity contribution in [1.82, 2.24) is 0 Å². The molecule has 116 valence electrons. The molecule has 2 aromatic rings. The third-order valence-corrected chi connectivity index (χ3v) is 3.85. The molecule has 0 fully saturated rings. The molecule has 0 N–H and O–H groups in total. The fourth-order valence-corrected chi connectivity index (χ4v) is 2.65. The molecule has 2 rings (SSSR count). The predicted octanol–water partition coefficient (Wildman–Crippen LogP) is 4.91. The number of ketones is 1. The highest BCUT2D eigenvalue weighted by molar-refractivity contribution is 7.17. The molecule has 0 atom stereocenters. The van der Waals surface area contributed by atoms with Gasteiger partial charge in [-0.05, 0) is 42.5 Å². The van der Waals surface area contributed by atoms with Gasteiger partial charge in [0.2, 0.25) is 0 Å². The maximum absolute atomic E-state index is 12.2. The second-order valence-corrected chi connectivity index (χ2v) is 5.83. The maximum Gasteiger partial charge on any atom is 0.387 e. The molecule has 3 nitrogen and oxygen atoms in total. The Morgan fingerprint density at radius 2 is 2.05 bits per heavy atom. The third-order valence-electron chi connectivity index (χ3n) is 2.66. The van der Waals surface area contributed by atoms with Gasteiger partial charge in [-0.25, -0.2) is 0 Å². The van der Waals surface area contributed by atoms with Crippen molar-refractivity contribution in [2.75, 3.05) is 7.11 Å². The monoisotopic (exact) mass is 344 g/mol. The maximum atomic E-state index is 12.2. The molecule has 0 aliphatic carbocycles. The summed E-state index contributed by atoms with van der Waals surface area (Å²) in [4.78, 5) is 12.9. The lowest BCUT2D eigenvalue weighted by molar-refractivity contribution is -0.0512. The van der Waals surface area contributed by atoms with Gasteiger partial charge in [0.25, 0.3) is 0 Å². The van der Waals surface area contributed by atoms with Crippen molar-refractivity contribution in [3.63, 3.8) is 0 Å². The lowest BCUT2D eigenvalue weighted by atomic mass is 10.1. The topological polar surface area (TPSA) is 35.5 Å². The minimum atomic E-state index is -2.96. The number of halogens is 3. The molecule has 0 aliphatic rings. The zero-order valence-corrected chi connectivity index (χ0v) is 13.0. The number of thiophene rings is 1. The second-order valence-electron chi connectivity index (χ2n) is 4.08. The Kier molecular flexibility index (Phi) is 5.51. The number of hydrogen-bond donors (Lipinski definition) is 0. The van der Waals surface area contributed by atoms with Crippen LogP contribution in [0.1, 0.15) is 15.2 Å². The van der Waals surface area contributed by atoms with Crippen LogP contribution in [0.4, 0.5) is 8.78 Å². The Labute approximate surface area is 134 Å². The van der Waals surface area contributed by atoms with Crippen LogP contribution < -0.4 is 9.47 Å². The van der Waals surface area contributed by atoms with E-state index in [1.54, 1.807) is 18.2 Å². The molecule has 0 amide bonds. The number of allylic oxidation sites excluding steroid dienone is 1. The van der Waals surface area contributed by atoms with Gasteiger partial charge in [-0.3, -0.25) is 4.79 Å². The van der Waals surface area contributed by atoms with Crippen LogP contribution in [0, 0.1) is 0 Å². The highest BCUT2D eigenvalue weighted by Gasteiger charge is 2.13. The van der Waals surface area contributed by atoms with Gasteiger partial charge in [-0.1, -0.05) is 11.6 Å². The molecule has 0 aliphatic heterocycles. The van der Waals surface area contributed by atoms with Gasteiger partial charge in [0.05, 0.1) is 11.4 Å². The summed E-state index contributed by atoms with van der Waals surface area (Å²) in [5, 5.41) is 0. The van der Waals surface area contributed by atoms with Crippen LogP contribution in [0.5, 0.6) is 11.5 Å². The SMILES string of the molecule is COc1cc(C(=O)/C=C/c2ccc(Cl)s2)ccc1OC(F)F. The van der Waals surface area contributed by atoms with E-state index in [1.807, 2.05) is 0 Å². The third kappa shape index (κ3) is 4.29. The van der Waals surface area contributed by atoms with E-state index in [-0.39, 0.29) is 17.3 Å². The summed E-state index contributed by atoms with van der Waals surface area (Å²) >= 11 is 7.14. The van der Waals surface area contributed by atoms with Crippen LogP contribution in [-0.2, 0) is 0 Å². The number of alkyl halides is 2. The van der Waals surface area contributed by atoms with Crippen molar-refractivity contribution < 1.29 is 23.0 Å². The summed E-state index contributed by atoms with van der Waals surface area (Å²) in [5.74, 6) is -0.340. The van der Waals surface area contributed by atoms with E-state index >= 15 is 0 Å². The van der Waals surface area contributed by atoms with Crippen molar-refractivity contribution >= 4 is 34.8 Å². The van der Waals surface area contributed by atoms with E-state index in [2.05, 4.69) is 4.74 Å². The number of rotatable bonds is 6. The number of carbonyl (C=O) groups is 1. The van der Waals surface area contributed by atoms with Crippen LogP contribution in [0.25, 0.3) is 6.08 Å². The average Bonchev–Trinajstić information content (AvgIpc) is 2.90. The number of benzene rings is 1. The van der Waals surface area contributed by atoms with E-state index in [1.165, 1.54) is 42.7 Å². The number of hydrogen-bond acceptors (Lipinski definition) is 4. The highest BCUT2D eigenvalue weighted by Crippen LogP contribution is 2.30. The van der Waals surface area contributed by atoms with Crippen LogP contribution in [0.3, 0.4) is 0 Å². The predicted molar refractivity (Wildman–Crippen MR) is 82.3 cm³/mol. The largest absolute Gasteiger partial charge is 0.493 e. The smallest absolute Gasteiger partial charge is 0.387 e. The van der Waals surface area contributed by atoms with Gasteiger partial charge >= 0.3 is 6.61 Å². The van der Waals surface area contributed by atoms with Crippen molar-refractivity contribution in [2.45, 2.75) is 6.61 Å². The van der Waals surface area contributed by atoms with Crippen LogP contribution in [0.2, 0.25) is 4.34 Å². The number of ether oxygens (including phenoxy) is 2. The number of methoxy groups -OCH3 is 1. The first kappa shape index (κ1) is 16.5.